The fourth-order valence-electron chi connectivity index (χ4n) is 10.8. The van der Waals surface area contributed by atoms with E-state index in [2.05, 4.69) is 208 Å². The number of fused-ring (bicyclic) bond motifs is 10. The van der Waals surface area contributed by atoms with Crippen molar-refractivity contribution in [3.63, 3.8) is 0 Å². The Morgan fingerprint density at radius 1 is 0.507 bits per heavy atom. The minimum Gasteiger partial charge on any atom is -0.312 e. The zero-order valence-electron chi connectivity index (χ0n) is 36.3. The number of rotatable bonds is 5. The molecule has 67 heavy (non-hydrogen) atoms. The van der Waals surface area contributed by atoms with Crippen LogP contribution in [0.2, 0.25) is 0 Å². The molecule has 0 saturated heterocycles. The van der Waals surface area contributed by atoms with Crippen LogP contribution in [0.25, 0.3) is 64.4 Å². The van der Waals surface area contributed by atoms with Gasteiger partial charge in [-0.2, -0.15) is 0 Å². The lowest BCUT2D eigenvalue weighted by molar-refractivity contribution is 0.845. The number of allylic oxidation sites excluding steroid dienone is 12. The molecule has 0 N–H and O–H groups in total. The lowest BCUT2D eigenvalue weighted by Crippen LogP contribution is -2.19. The van der Waals surface area contributed by atoms with E-state index in [1.54, 1.807) is 0 Å². The van der Waals surface area contributed by atoms with Gasteiger partial charge in [0.15, 0.2) is 0 Å². The molecule has 4 aromatic heterocycles. The number of thiophene rings is 1. The largest absolute Gasteiger partial charge is 0.312 e. The fraction of sp³-hybridized carbons (Fsp3) is 0.0492. The molecule has 314 valence electrons. The first-order valence-corrected chi connectivity index (χ1v) is 23.7. The fourth-order valence-corrected chi connectivity index (χ4v) is 11.8. The Morgan fingerprint density at radius 3 is 1.84 bits per heavy atom. The van der Waals surface area contributed by atoms with Crippen LogP contribution in [-0.2, 0) is 0 Å². The lowest BCUT2D eigenvalue weighted by atomic mass is 9.89. The van der Waals surface area contributed by atoms with Crippen LogP contribution < -0.4 is 9.80 Å². The van der Waals surface area contributed by atoms with Crippen molar-refractivity contribution >= 4 is 76.0 Å². The summed E-state index contributed by atoms with van der Waals surface area (Å²) in [4.78, 5) is 14.3. The van der Waals surface area contributed by atoms with Gasteiger partial charge in [0.2, 0.25) is 0 Å². The predicted molar refractivity (Wildman–Crippen MR) is 278 cm³/mol. The maximum atomic E-state index is 4.88. The van der Waals surface area contributed by atoms with Crippen molar-refractivity contribution < 1.29 is 0 Å². The number of aromatic nitrogens is 3. The van der Waals surface area contributed by atoms with Gasteiger partial charge in [0, 0.05) is 88.6 Å². The minimum absolute atomic E-state index is 0.195. The van der Waals surface area contributed by atoms with E-state index in [-0.39, 0.29) is 5.92 Å². The molecule has 0 saturated carbocycles. The predicted octanol–water partition coefficient (Wildman–Crippen LogP) is 15.5. The van der Waals surface area contributed by atoms with Gasteiger partial charge in [0.05, 0.1) is 46.2 Å². The second-order valence-corrected chi connectivity index (χ2v) is 18.7. The van der Waals surface area contributed by atoms with E-state index in [1.807, 2.05) is 36.1 Å². The Kier molecular flexibility index (Phi) is 8.49. The molecule has 0 amide bonds. The monoisotopic (exact) mass is 873 g/mol. The molecule has 3 aliphatic carbocycles. The standard InChI is InChI=1S/C61H39N5S/c1-3-15-45-28-39(12-1)40-13-2-4-16-46(29-40)64(45)48-30-43(35-62-37-48)44-31-49(38-63-36-44)66-58-22-10-7-19-52(58)53-32-41(14-11-23-59(53)66)42-24-26-60-54(33-42)55-34-47(25-27-61(55)67-60)65-56-20-8-5-17-50(56)51-18-6-9-21-57(51)65/h1-10,12-27,30-31,33-38,53H,11,32H2. The van der Waals surface area contributed by atoms with Gasteiger partial charge in [-0.3, -0.25) is 14.9 Å². The molecular formula is C61H39N5S. The highest BCUT2D eigenvalue weighted by atomic mass is 32.1. The summed E-state index contributed by atoms with van der Waals surface area (Å²) in [7, 11) is 0. The van der Waals surface area contributed by atoms with Gasteiger partial charge in [-0.05, 0) is 115 Å². The van der Waals surface area contributed by atoms with E-state index in [4.69, 9.17) is 9.97 Å². The van der Waals surface area contributed by atoms with Crippen molar-refractivity contribution in [2.45, 2.75) is 18.8 Å². The average Bonchev–Trinajstić information content (AvgIpc) is 3.65. The maximum absolute atomic E-state index is 4.88. The number of para-hydroxylation sites is 3. The molecular weight excluding hydrogens is 835 g/mol. The lowest BCUT2D eigenvalue weighted by Gasteiger charge is -2.25. The highest BCUT2D eigenvalue weighted by Gasteiger charge is 2.36. The highest BCUT2D eigenvalue weighted by molar-refractivity contribution is 7.25. The van der Waals surface area contributed by atoms with Crippen LogP contribution >= 0.6 is 11.3 Å². The van der Waals surface area contributed by atoms with Crippen LogP contribution in [0.5, 0.6) is 0 Å². The second-order valence-electron chi connectivity index (χ2n) is 17.6. The summed E-state index contributed by atoms with van der Waals surface area (Å²) in [5.74, 6) is 0.195. The normalized spacial score (nSPS) is 17.0. The highest BCUT2D eigenvalue weighted by Crippen LogP contribution is 2.53. The molecule has 0 spiro atoms. The molecule has 9 aromatic rings. The molecule has 5 aromatic carbocycles. The minimum atomic E-state index is 0.195. The summed E-state index contributed by atoms with van der Waals surface area (Å²) < 4.78 is 5.04. The van der Waals surface area contributed by atoms with Crippen molar-refractivity contribution in [3.8, 4) is 16.8 Å². The molecule has 6 heterocycles. The average molecular weight is 874 g/mol. The van der Waals surface area contributed by atoms with Gasteiger partial charge >= 0.3 is 0 Å². The molecule has 5 aliphatic rings. The summed E-state index contributed by atoms with van der Waals surface area (Å²) in [5.41, 5.74) is 25.3. The number of benzene rings is 5. The topological polar surface area (TPSA) is 37.2 Å². The quantitative estimate of drug-likeness (QED) is 0.161. The zero-order chi connectivity index (χ0) is 44.0. The Labute approximate surface area is 391 Å². The first-order chi connectivity index (χ1) is 33.2. The molecule has 5 nitrogen and oxygen atoms in total. The second kappa shape index (κ2) is 15.0. The van der Waals surface area contributed by atoms with Gasteiger partial charge in [-0.25, -0.2) is 0 Å². The van der Waals surface area contributed by atoms with Gasteiger partial charge in [0.1, 0.15) is 0 Å². The van der Waals surface area contributed by atoms with E-state index in [1.165, 1.54) is 75.7 Å². The van der Waals surface area contributed by atoms with Crippen molar-refractivity contribution in [2.24, 2.45) is 0 Å². The Morgan fingerprint density at radius 2 is 1.12 bits per heavy atom. The molecule has 1 atom stereocenters. The molecule has 4 bridgehead atoms. The van der Waals surface area contributed by atoms with Crippen molar-refractivity contribution in [2.75, 3.05) is 9.80 Å². The molecule has 0 fully saturated rings. The Hall–Kier alpha value is -8.50. The summed E-state index contributed by atoms with van der Waals surface area (Å²) in [5, 5.41) is 5.17. The number of pyridine rings is 2. The number of hydrogen-bond donors (Lipinski definition) is 0. The van der Waals surface area contributed by atoms with E-state index < -0.39 is 0 Å². The van der Waals surface area contributed by atoms with Crippen LogP contribution in [0, 0.1) is 0 Å². The van der Waals surface area contributed by atoms with Crippen LogP contribution in [0.3, 0.4) is 0 Å². The van der Waals surface area contributed by atoms with Crippen molar-refractivity contribution in [1.82, 2.24) is 14.5 Å². The van der Waals surface area contributed by atoms with E-state index in [9.17, 15) is 0 Å². The van der Waals surface area contributed by atoms with Crippen molar-refractivity contribution in [1.29, 1.82) is 0 Å². The van der Waals surface area contributed by atoms with Crippen molar-refractivity contribution in [3.05, 3.63) is 258 Å². The molecule has 0 radical (unpaired) electrons. The smallest absolute Gasteiger partial charge is 0.0902 e. The summed E-state index contributed by atoms with van der Waals surface area (Å²) in [6.45, 7) is 0. The van der Waals surface area contributed by atoms with Crippen LogP contribution in [0.1, 0.15) is 29.9 Å². The molecule has 6 heteroatoms. The van der Waals surface area contributed by atoms with Crippen LogP contribution in [0.15, 0.2) is 247 Å². The third-order valence-electron chi connectivity index (χ3n) is 13.8. The van der Waals surface area contributed by atoms with E-state index in [0.717, 1.165) is 57.9 Å². The van der Waals surface area contributed by atoms with Gasteiger partial charge in [-0.1, -0.05) is 109 Å². The third-order valence-corrected chi connectivity index (χ3v) is 14.9. The summed E-state index contributed by atoms with van der Waals surface area (Å²) >= 11 is 1.88. The SMILES string of the molecule is C1=C2C=CC=CC=1N(c1cncc(-c3cncc(N4C5=CCC=C(c6ccc7sc8ccc(-n9c%10ccccc%10c%10ccccc%109)cc8c7c6)CC5c5ccccc54)c3)c1)C1=C=C2C=CC=C1. The number of nitrogens with zero attached hydrogens (tertiary/aromatic N) is 5. The first-order valence-electron chi connectivity index (χ1n) is 22.9. The summed E-state index contributed by atoms with van der Waals surface area (Å²) in [6, 6.07) is 45.0. The Bertz CT molecular complexity index is 3870. The molecule has 2 aliphatic heterocycles. The Balaban J connectivity index is 0.799. The van der Waals surface area contributed by atoms with Gasteiger partial charge in [-0.15, -0.1) is 11.3 Å². The van der Waals surface area contributed by atoms with Crippen LogP contribution in [-0.4, -0.2) is 14.5 Å². The van der Waals surface area contributed by atoms with E-state index >= 15 is 0 Å². The molecule has 14 rings (SSSR count). The number of anilines is 3. The van der Waals surface area contributed by atoms with Gasteiger partial charge in [0.25, 0.3) is 0 Å². The first kappa shape index (κ1) is 37.8. The summed E-state index contributed by atoms with van der Waals surface area (Å²) in [6.07, 6.45) is 31.0. The van der Waals surface area contributed by atoms with E-state index in [0.29, 0.717) is 0 Å². The van der Waals surface area contributed by atoms with Crippen LogP contribution in [0.4, 0.5) is 17.1 Å². The molecule has 1 unspecified atom stereocenters. The zero-order valence-corrected chi connectivity index (χ0v) is 37.1. The maximum Gasteiger partial charge on any atom is 0.0902 e. The van der Waals surface area contributed by atoms with Gasteiger partial charge < -0.3 is 9.47 Å². The number of hydrogen-bond acceptors (Lipinski definition) is 5. The third kappa shape index (κ3) is 6.09.